The quantitative estimate of drug-likeness (QED) is 0.194. The van der Waals surface area contributed by atoms with Crippen LogP contribution in [0.1, 0.15) is 116 Å². The molecule has 4 aliphatic carbocycles. The lowest BCUT2D eigenvalue weighted by molar-refractivity contribution is 0.0329. The molecule has 0 aliphatic heterocycles. The monoisotopic (exact) mass is 558 g/mol. The number of rotatable bonds is 13. The van der Waals surface area contributed by atoms with Gasteiger partial charge in [-0.1, -0.05) is 109 Å². The van der Waals surface area contributed by atoms with Crippen LogP contribution in [0.4, 0.5) is 0 Å². The van der Waals surface area contributed by atoms with Crippen LogP contribution in [0, 0.1) is 59.2 Å². The van der Waals surface area contributed by atoms with Gasteiger partial charge in [0.1, 0.15) is 0 Å². The van der Waals surface area contributed by atoms with E-state index in [4.69, 9.17) is 4.55 Å². The van der Waals surface area contributed by atoms with Gasteiger partial charge in [0.15, 0.2) is 0 Å². The predicted octanol–water partition coefficient (Wildman–Crippen LogP) is 9.47. The van der Waals surface area contributed by atoms with Crippen molar-refractivity contribution >= 4 is 10.1 Å². The summed E-state index contributed by atoms with van der Waals surface area (Å²) in [6.07, 6.45) is 23.2. The highest BCUT2D eigenvalue weighted by molar-refractivity contribution is 7.85. The minimum atomic E-state index is -3.67. The Labute approximate surface area is 241 Å². The Bertz CT molecular complexity index is 949. The van der Waals surface area contributed by atoms with Crippen molar-refractivity contribution in [2.24, 2.45) is 59.2 Å². The lowest BCUT2D eigenvalue weighted by Crippen LogP contribution is -2.39. The molecule has 1 aromatic rings. The van der Waals surface area contributed by atoms with E-state index in [-0.39, 0.29) is 0 Å². The molecule has 6 unspecified atom stereocenters. The van der Waals surface area contributed by atoms with Crippen molar-refractivity contribution in [1.82, 2.24) is 0 Å². The Balaban J connectivity index is 0.000000648. The maximum absolute atomic E-state index is 9.19. The van der Waals surface area contributed by atoms with E-state index in [0.29, 0.717) is 6.26 Å². The van der Waals surface area contributed by atoms with Crippen molar-refractivity contribution in [2.75, 3.05) is 6.26 Å². The first-order valence-corrected chi connectivity index (χ1v) is 18.5. The third kappa shape index (κ3) is 8.34. The summed E-state index contributed by atoms with van der Waals surface area (Å²) in [5.41, 5.74) is 1.56. The molecular weight excluding hydrogens is 500 g/mol. The third-order valence-corrected chi connectivity index (χ3v) is 11.8. The highest BCUT2D eigenvalue weighted by Gasteiger charge is 2.59. The number of aryl methyl sites for hydroxylation is 1. The van der Waals surface area contributed by atoms with Crippen molar-refractivity contribution in [2.45, 2.75) is 117 Å². The second-order valence-electron chi connectivity index (χ2n) is 14.2. The Morgan fingerprint density at radius 3 is 1.90 bits per heavy atom. The molecule has 0 aromatic heterocycles. The lowest BCUT2D eigenvalue weighted by Gasteiger charge is -2.45. The van der Waals surface area contributed by atoms with Crippen molar-refractivity contribution in [3.8, 4) is 0 Å². The predicted molar refractivity (Wildman–Crippen MR) is 164 cm³/mol. The van der Waals surface area contributed by atoms with Crippen LogP contribution in [0.5, 0.6) is 0 Å². The fourth-order valence-corrected chi connectivity index (χ4v) is 10.2. The van der Waals surface area contributed by atoms with Crippen LogP contribution in [-0.4, -0.2) is 19.2 Å². The Morgan fingerprint density at radius 2 is 1.28 bits per heavy atom. The van der Waals surface area contributed by atoms with Gasteiger partial charge >= 0.3 is 0 Å². The van der Waals surface area contributed by atoms with E-state index >= 15 is 0 Å². The van der Waals surface area contributed by atoms with Crippen molar-refractivity contribution in [1.29, 1.82) is 0 Å². The van der Waals surface area contributed by atoms with Gasteiger partial charge in [-0.05, 0) is 103 Å². The molecule has 4 heteroatoms. The van der Waals surface area contributed by atoms with E-state index in [2.05, 4.69) is 51.1 Å². The first kappa shape index (κ1) is 31.1. The van der Waals surface area contributed by atoms with Gasteiger partial charge < -0.3 is 0 Å². The summed E-state index contributed by atoms with van der Waals surface area (Å²) in [5.74, 6) is 10.6. The van der Waals surface area contributed by atoms with Crippen LogP contribution in [0.15, 0.2) is 30.3 Å². The molecule has 4 bridgehead atoms. The van der Waals surface area contributed by atoms with Gasteiger partial charge in [-0.15, -0.1) is 0 Å². The van der Waals surface area contributed by atoms with E-state index in [0.717, 1.165) is 59.2 Å². The summed E-state index contributed by atoms with van der Waals surface area (Å²) in [6.45, 7) is 7.69. The summed E-state index contributed by atoms with van der Waals surface area (Å²) < 4.78 is 25.9. The number of hydrogen-bond acceptors (Lipinski definition) is 2. The van der Waals surface area contributed by atoms with Crippen LogP contribution < -0.4 is 0 Å². The van der Waals surface area contributed by atoms with Crippen LogP contribution in [0.2, 0.25) is 0 Å². The molecule has 0 spiro atoms. The highest BCUT2D eigenvalue weighted by atomic mass is 32.2. The van der Waals surface area contributed by atoms with E-state index < -0.39 is 10.1 Å². The molecule has 4 aliphatic rings. The lowest BCUT2D eigenvalue weighted by atomic mass is 9.60. The van der Waals surface area contributed by atoms with Gasteiger partial charge in [-0.2, -0.15) is 8.42 Å². The van der Waals surface area contributed by atoms with Gasteiger partial charge in [-0.3, -0.25) is 4.55 Å². The average Bonchev–Trinajstić information content (AvgIpc) is 3.64. The molecule has 0 saturated heterocycles. The standard InChI is InChI=1S/C34H54.CH4O3S/c1-4-5-6-7-8-9-10-14-17-27-20-29-22-32(27)34(24(29)2)33-25(3)31-23-30(33)21-28(31)19-18-26-15-12-11-13-16-26;1-5(2,3)4/h11-13,15-16,24-25,27-34H,4-10,14,17-23H2,1-3H3;1H3,(H,2,3,4)/t24?,25?,27?,28?,29-,30-,31+,32-,33?,34?;/m0./s1. The average molecular weight is 559 g/mol. The van der Waals surface area contributed by atoms with Crippen molar-refractivity contribution in [3.63, 3.8) is 0 Å². The highest BCUT2D eigenvalue weighted by Crippen LogP contribution is 2.66. The van der Waals surface area contributed by atoms with Gasteiger partial charge in [0, 0.05) is 0 Å². The van der Waals surface area contributed by atoms with E-state index in [1.165, 1.54) is 64.2 Å². The molecule has 39 heavy (non-hydrogen) atoms. The minimum absolute atomic E-state index is 0.715. The normalized spacial score (nSPS) is 36.7. The second-order valence-corrected chi connectivity index (χ2v) is 15.7. The topological polar surface area (TPSA) is 54.4 Å². The molecule has 3 nitrogen and oxygen atoms in total. The summed E-state index contributed by atoms with van der Waals surface area (Å²) in [4.78, 5) is 0. The van der Waals surface area contributed by atoms with Crippen molar-refractivity contribution in [3.05, 3.63) is 35.9 Å². The number of fused-ring (bicyclic) bond motifs is 4. The van der Waals surface area contributed by atoms with Crippen LogP contribution in [0.25, 0.3) is 0 Å². The molecule has 5 rings (SSSR count). The third-order valence-electron chi connectivity index (χ3n) is 11.8. The zero-order valence-electron chi connectivity index (χ0n) is 25.4. The molecule has 0 amide bonds. The van der Waals surface area contributed by atoms with Gasteiger partial charge in [-0.25, -0.2) is 0 Å². The maximum Gasteiger partial charge on any atom is 0.261 e. The van der Waals surface area contributed by atoms with Crippen LogP contribution in [0.3, 0.4) is 0 Å². The Kier molecular flexibility index (Phi) is 11.4. The van der Waals surface area contributed by atoms with Crippen molar-refractivity contribution < 1.29 is 13.0 Å². The Morgan fingerprint density at radius 1 is 0.718 bits per heavy atom. The molecule has 222 valence electrons. The summed E-state index contributed by atoms with van der Waals surface area (Å²) in [6, 6.07) is 11.3. The zero-order chi connectivity index (χ0) is 28.0. The molecular formula is C35H58O3S. The molecule has 10 atom stereocenters. The second kappa shape index (κ2) is 14.3. The van der Waals surface area contributed by atoms with Gasteiger partial charge in [0.05, 0.1) is 6.26 Å². The summed E-state index contributed by atoms with van der Waals surface area (Å²) >= 11 is 0. The smallest absolute Gasteiger partial charge is 0.261 e. The molecule has 1 aromatic carbocycles. The SMILES string of the molecule is CCCCCCCCCCC1C[C@H]2C[C@@H]1C(C1C(C)[C@H]3C[C@@H]1CC3CCc1ccccc1)C2C.CS(=O)(=O)O. The van der Waals surface area contributed by atoms with Crippen LogP contribution in [-0.2, 0) is 16.5 Å². The van der Waals surface area contributed by atoms with Gasteiger partial charge in [0.2, 0.25) is 0 Å². The number of benzene rings is 1. The van der Waals surface area contributed by atoms with Gasteiger partial charge in [0.25, 0.3) is 10.1 Å². The summed E-state index contributed by atoms with van der Waals surface area (Å²) in [5, 5.41) is 0. The molecule has 4 saturated carbocycles. The summed E-state index contributed by atoms with van der Waals surface area (Å²) in [7, 11) is -3.67. The van der Waals surface area contributed by atoms with Crippen LogP contribution >= 0.6 is 0 Å². The van der Waals surface area contributed by atoms with E-state index in [1.54, 1.807) is 37.7 Å². The molecule has 0 heterocycles. The molecule has 4 fully saturated rings. The minimum Gasteiger partial charge on any atom is -0.286 e. The van der Waals surface area contributed by atoms with E-state index in [9.17, 15) is 8.42 Å². The molecule has 1 N–H and O–H groups in total. The fraction of sp³-hybridized carbons (Fsp3) is 0.829. The zero-order valence-corrected chi connectivity index (χ0v) is 26.3. The Hall–Kier alpha value is -0.870. The molecule has 0 radical (unpaired) electrons. The first-order chi connectivity index (χ1) is 18.7. The first-order valence-electron chi connectivity index (χ1n) is 16.6. The fourth-order valence-electron chi connectivity index (χ4n) is 10.2. The maximum atomic E-state index is 9.19. The largest absolute Gasteiger partial charge is 0.286 e. The van der Waals surface area contributed by atoms with E-state index in [1.807, 2.05) is 0 Å². The number of hydrogen-bond donors (Lipinski definition) is 1. The number of unbranched alkanes of at least 4 members (excludes halogenated alkanes) is 7.